The molecule has 3 rings (SSSR count). The smallest absolute Gasteiger partial charge is 0.268 e. The first-order valence-electron chi connectivity index (χ1n) is 6.86. The maximum atomic E-state index is 12.6. The number of thioether (sulfide) groups is 1. The molecule has 2 amide bonds. The highest BCUT2D eigenvalue weighted by Gasteiger charge is 2.36. The Morgan fingerprint density at radius 3 is 2.12 bits per heavy atom. The molecule has 1 heterocycles. The van der Waals surface area contributed by atoms with Crippen LogP contribution in [0.15, 0.2) is 59.5 Å². The van der Waals surface area contributed by atoms with Gasteiger partial charge in [-0.05, 0) is 47.7 Å². The van der Waals surface area contributed by atoms with Gasteiger partial charge in [0.25, 0.3) is 11.1 Å². The number of alkyl halides is 3. The van der Waals surface area contributed by atoms with Crippen LogP contribution in [0.1, 0.15) is 11.1 Å². The molecule has 0 unspecified atom stereocenters. The Labute approximate surface area is 139 Å². The second-order valence-corrected chi connectivity index (χ2v) is 5.97. The van der Waals surface area contributed by atoms with Gasteiger partial charge < -0.3 is 0 Å². The van der Waals surface area contributed by atoms with Crippen molar-refractivity contribution in [3.63, 3.8) is 0 Å². The van der Waals surface area contributed by atoms with Gasteiger partial charge in [-0.2, -0.15) is 13.2 Å². The number of carbonyl (C=O) groups excluding carboxylic acids is 2. The van der Waals surface area contributed by atoms with Gasteiger partial charge >= 0.3 is 6.18 Å². The predicted octanol–water partition coefficient (Wildman–Crippen LogP) is 4.95. The first-order valence-corrected chi connectivity index (χ1v) is 7.68. The fraction of sp³-hybridized carbons (Fsp3) is 0.0588. The van der Waals surface area contributed by atoms with Crippen LogP contribution in [0.25, 0.3) is 6.08 Å². The van der Waals surface area contributed by atoms with Crippen molar-refractivity contribution in [2.45, 2.75) is 6.18 Å². The van der Waals surface area contributed by atoms with E-state index in [0.29, 0.717) is 11.3 Å². The lowest BCUT2D eigenvalue weighted by atomic mass is 10.1. The van der Waals surface area contributed by atoms with Crippen LogP contribution < -0.4 is 4.90 Å². The molecule has 122 valence electrons. The zero-order valence-corrected chi connectivity index (χ0v) is 12.9. The zero-order valence-electron chi connectivity index (χ0n) is 12.1. The average molecular weight is 349 g/mol. The number of imide groups is 1. The molecule has 0 aliphatic carbocycles. The molecular weight excluding hydrogens is 339 g/mol. The molecule has 7 heteroatoms. The van der Waals surface area contributed by atoms with E-state index in [-0.39, 0.29) is 4.91 Å². The summed E-state index contributed by atoms with van der Waals surface area (Å²) in [6, 6.07) is 12.9. The lowest BCUT2D eigenvalue weighted by molar-refractivity contribution is -0.137. The summed E-state index contributed by atoms with van der Waals surface area (Å²) in [6.07, 6.45) is -3.00. The number of hydrogen-bond acceptors (Lipinski definition) is 3. The van der Waals surface area contributed by atoms with Crippen molar-refractivity contribution < 1.29 is 22.8 Å². The van der Waals surface area contributed by atoms with E-state index in [1.165, 1.54) is 18.2 Å². The van der Waals surface area contributed by atoms with Crippen molar-refractivity contribution >= 4 is 34.7 Å². The van der Waals surface area contributed by atoms with Crippen LogP contribution in [-0.2, 0) is 11.0 Å². The SMILES string of the molecule is O=C1S/C(=C/c2ccc(C(F)(F)F)cc2)C(=O)N1c1ccccc1. The van der Waals surface area contributed by atoms with Gasteiger partial charge in [-0.1, -0.05) is 30.3 Å². The summed E-state index contributed by atoms with van der Waals surface area (Å²) < 4.78 is 37.7. The number of carbonyl (C=O) groups is 2. The molecule has 0 spiro atoms. The van der Waals surface area contributed by atoms with Gasteiger partial charge in [0.1, 0.15) is 0 Å². The molecule has 1 fully saturated rings. The molecule has 2 aromatic carbocycles. The molecule has 2 aromatic rings. The number of halogens is 3. The number of rotatable bonds is 2. The lowest BCUT2D eigenvalue weighted by Crippen LogP contribution is -2.27. The van der Waals surface area contributed by atoms with E-state index < -0.39 is 22.9 Å². The third-order valence-corrected chi connectivity index (χ3v) is 4.21. The first kappa shape index (κ1) is 16.3. The normalized spacial score (nSPS) is 17.0. The molecular formula is C17H10F3NO2S. The zero-order chi connectivity index (χ0) is 17.3. The van der Waals surface area contributed by atoms with Crippen LogP contribution in [0.3, 0.4) is 0 Å². The van der Waals surface area contributed by atoms with Crippen molar-refractivity contribution in [3.05, 3.63) is 70.6 Å². The summed E-state index contributed by atoms with van der Waals surface area (Å²) in [6.45, 7) is 0. The standard InChI is InChI=1S/C17H10F3NO2S/c18-17(19,20)12-8-6-11(7-9-12)10-14-15(22)21(16(23)24-14)13-4-2-1-3-5-13/h1-10H/b14-10+. The van der Waals surface area contributed by atoms with E-state index in [0.717, 1.165) is 28.8 Å². The molecule has 1 aliphatic heterocycles. The Hall–Kier alpha value is -2.54. The predicted molar refractivity (Wildman–Crippen MR) is 86.3 cm³/mol. The van der Waals surface area contributed by atoms with E-state index in [1.54, 1.807) is 30.3 Å². The third-order valence-electron chi connectivity index (χ3n) is 3.34. The molecule has 0 radical (unpaired) electrons. The van der Waals surface area contributed by atoms with Gasteiger partial charge in [-0.25, -0.2) is 4.90 Å². The highest BCUT2D eigenvalue weighted by Crippen LogP contribution is 2.36. The van der Waals surface area contributed by atoms with Gasteiger partial charge in [0.15, 0.2) is 0 Å². The fourth-order valence-corrected chi connectivity index (χ4v) is 3.03. The summed E-state index contributed by atoms with van der Waals surface area (Å²) in [7, 11) is 0. The molecule has 24 heavy (non-hydrogen) atoms. The Morgan fingerprint density at radius 2 is 1.54 bits per heavy atom. The van der Waals surface area contributed by atoms with Crippen LogP contribution >= 0.6 is 11.8 Å². The van der Waals surface area contributed by atoms with E-state index in [1.807, 2.05) is 0 Å². The maximum absolute atomic E-state index is 12.6. The Morgan fingerprint density at radius 1 is 0.917 bits per heavy atom. The highest BCUT2D eigenvalue weighted by atomic mass is 32.2. The van der Waals surface area contributed by atoms with Gasteiger partial charge in [0.05, 0.1) is 16.2 Å². The van der Waals surface area contributed by atoms with Crippen molar-refractivity contribution in [1.82, 2.24) is 0 Å². The second-order valence-electron chi connectivity index (χ2n) is 4.97. The first-order chi connectivity index (χ1) is 11.4. The Balaban J connectivity index is 1.87. The van der Waals surface area contributed by atoms with Crippen LogP contribution in [0.5, 0.6) is 0 Å². The minimum Gasteiger partial charge on any atom is -0.268 e. The Bertz CT molecular complexity index is 814. The average Bonchev–Trinajstić information content (AvgIpc) is 2.82. The van der Waals surface area contributed by atoms with Crippen molar-refractivity contribution in [2.75, 3.05) is 4.90 Å². The quantitative estimate of drug-likeness (QED) is 0.720. The van der Waals surface area contributed by atoms with Crippen LogP contribution in [0.4, 0.5) is 23.7 Å². The number of amides is 2. The number of para-hydroxylation sites is 1. The molecule has 1 saturated heterocycles. The minimum atomic E-state index is -4.41. The fourth-order valence-electron chi connectivity index (χ4n) is 2.19. The molecule has 0 N–H and O–H groups in total. The van der Waals surface area contributed by atoms with E-state index in [4.69, 9.17) is 0 Å². The number of hydrogen-bond donors (Lipinski definition) is 0. The third kappa shape index (κ3) is 3.21. The molecule has 0 saturated carbocycles. The highest BCUT2D eigenvalue weighted by molar-refractivity contribution is 8.19. The molecule has 0 atom stereocenters. The van der Waals surface area contributed by atoms with Gasteiger partial charge in [0, 0.05) is 0 Å². The Kier molecular flexibility index (Phi) is 4.19. The topological polar surface area (TPSA) is 37.4 Å². The maximum Gasteiger partial charge on any atom is 0.416 e. The van der Waals surface area contributed by atoms with Gasteiger partial charge in [-0.15, -0.1) is 0 Å². The summed E-state index contributed by atoms with van der Waals surface area (Å²) in [5.74, 6) is -0.490. The molecule has 0 aromatic heterocycles. The van der Waals surface area contributed by atoms with Crippen molar-refractivity contribution in [1.29, 1.82) is 0 Å². The van der Waals surface area contributed by atoms with Crippen molar-refractivity contribution in [2.24, 2.45) is 0 Å². The van der Waals surface area contributed by atoms with Crippen LogP contribution in [0, 0.1) is 0 Å². The van der Waals surface area contributed by atoms with E-state index in [2.05, 4.69) is 0 Å². The monoisotopic (exact) mass is 349 g/mol. The molecule has 3 nitrogen and oxygen atoms in total. The van der Waals surface area contributed by atoms with Crippen LogP contribution in [0.2, 0.25) is 0 Å². The largest absolute Gasteiger partial charge is 0.416 e. The molecule has 0 bridgehead atoms. The van der Waals surface area contributed by atoms with Crippen LogP contribution in [-0.4, -0.2) is 11.1 Å². The number of nitrogens with zero attached hydrogens (tertiary/aromatic N) is 1. The van der Waals surface area contributed by atoms with E-state index in [9.17, 15) is 22.8 Å². The summed E-state index contributed by atoms with van der Waals surface area (Å²) >= 11 is 0.758. The number of anilines is 1. The summed E-state index contributed by atoms with van der Waals surface area (Å²) in [5, 5.41) is -0.440. The van der Waals surface area contributed by atoms with E-state index >= 15 is 0 Å². The van der Waals surface area contributed by atoms with Crippen molar-refractivity contribution in [3.8, 4) is 0 Å². The molecule has 1 aliphatic rings. The summed E-state index contributed by atoms with van der Waals surface area (Å²) in [5.41, 5.74) is 0.106. The second kappa shape index (κ2) is 6.16. The minimum absolute atomic E-state index is 0.170. The van der Waals surface area contributed by atoms with Gasteiger partial charge in [0.2, 0.25) is 0 Å². The summed E-state index contributed by atoms with van der Waals surface area (Å²) in [4.78, 5) is 25.6. The lowest BCUT2D eigenvalue weighted by Gasteiger charge is -2.11. The van der Waals surface area contributed by atoms with Gasteiger partial charge in [-0.3, -0.25) is 9.59 Å². The number of benzene rings is 2.